The maximum atomic E-state index is 12.3. The number of fused-ring (bicyclic) bond motifs is 3. The van der Waals surface area contributed by atoms with E-state index in [1.807, 2.05) is 36.4 Å². The molecule has 2 aromatic carbocycles. The molecule has 0 radical (unpaired) electrons. The number of methoxy groups -OCH3 is 1. The smallest absolute Gasteiger partial charge is 0.407 e. The van der Waals surface area contributed by atoms with E-state index in [2.05, 4.69) is 22.8 Å². The summed E-state index contributed by atoms with van der Waals surface area (Å²) in [5.74, 6) is -1.60. The third-order valence-electron chi connectivity index (χ3n) is 5.67. The Labute approximate surface area is 193 Å². The standard InChI is InChI=1S/C25H30N2O6/c1-16(14-23(28)27-22(24(29)30)12-7-13-32-2)26-25(31)33-15-21-19-10-5-3-8-17(19)18-9-4-6-11-20(18)21/h3-6,8-11,16,21-22H,7,12-15H2,1-2H3,(H,26,31)(H,27,28)(H,29,30)/t16-,22?/m1/s1. The molecule has 176 valence electrons. The predicted molar refractivity (Wildman–Crippen MR) is 123 cm³/mol. The van der Waals surface area contributed by atoms with Gasteiger partial charge in [-0.15, -0.1) is 0 Å². The summed E-state index contributed by atoms with van der Waals surface area (Å²) in [6, 6.07) is 14.6. The number of rotatable bonds is 11. The number of carbonyl (C=O) groups excluding carboxylic acids is 2. The average Bonchev–Trinajstić information content (AvgIpc) is 3.10. The second-order valence-electron chi connectivity index (χ2n) is 8.17. The number of benzene rings is 2. The summed E-state index contributed by atoms with van der Waals surface area (Å²) in [6.07, 6.45) is 0.106. The topological polar surface area (TPSA) is 114 Å². The molecule has 33 heavy (non-hydrogen) atoms. The monoisotopic (exact) mass is 454 g/mol. The van der Waals surface area contributed by atoms with Crippen LogP contribution in [0.4, 0.5) is 4.79 Å². The first-order chi connectivity index (χ1) is 15.9. The lowest BCUT2D eigenvalue weighted by Crippen LogP contribution is -2.44. The van der Waals surface area contributed by atoms with Crippen molar-refractivity contribution in [2.45, 2.75) is 44.2 Å². The Morgan fingerprint density at radius 2 is 1.61 bits per heavy atom. The third kappa shape index (κ3) is 6.32. The van der Waals surface area contributed by atoms with Gasteiger partial charge in [0.05, 0.1) is 0 Å². The van der Waals surface area contributed by atoms with Gasteiger partial charge in [0.15, 0.2) is 0 Å². The third-order valence-corrected chi connectivity index (χ3v) is 5.67. The first-order valence-electron chi connectivity index (χ1n) is 11.0. The molecule has 2 atom stereocenters. The first-order valence-corrected chi connectivity index (χ1v) is 11.0. The highest BCUT2D eigenvalue weighted by molar-refractivity contribution is 5.84. The van der Waals surface area contributed by atoms with Crippen LogP contribution in [0.5, 0.6) is 0 Å². The molecule has 2 amide bonds. The SMILES string of the molecule is COCCCC(NC(=O)C[C@@H](C)NC(=O)OCC1c2ccccc2-c2ccccc21)C(=O)O. The van der Waals surface area contributed by atoms with Crippen LogP contribution in [0.2, 0.25) is 0 Å². The van der Waals surface area contributed by atoms with Crippen LogP contribution < -0.4 is 10.6 Å². The zero-order chi connectivity index (χ0) is 23.8. The molecule has 0 heterocycles. The van der Waals surface area contributed by atoms with E-state index in [-0.39, 0.29) is 25.4 Å². The summed E-state index contributed by atoms with van der Waals surface area (Å²) in [5.41, 5.74) is 4.52. The zero-order valence-electron chi connectivity index (χ0n) is 18.9. The molecule has 3 rings (SSSR count). The van der Waals surface area contributed by atoms with Gasteiger partial charge in [-0.1, -0.05) is 48.5 Å². The molecular weight excluding hydrogens is 424 g/mol. The number of alkyl carbamates (subject to hydrolysis) is 1. The minimum atomic E-state index is -1.10. The van der Waals surface area contributed by atoms with Gasteiger partial charge in [-0.2, -0.15) is 0 Å². The van der Waals surface area contributed by atoms with E-state index in [4.69, 9.17) is 9.47 Å². The fourth-order valence-corrected chi connectivity index (χ4v) is 4.11. The van der Waals surface area contributed by atoms with Crippen molar-refractivity contribution in [3.63, 3.8) is 0 Å². The number of carboxylic acids is 1. The highest BCUT2D eigenvalue weighted by atomic mass is 16.5. The van der Waals surface area contributed by atoms with Crippen LogP contribution in [0.15, 0.2) is 48.5 Å². The van der Waals surface area contributed by atoms with Gasteiger partial charge in [0.2, 0.25) is 5.91 Å². The maximum absolute atomic E-state index is 12.3. The number of aliphatic carboxylic acids is 1. The van der Waals surface area contributed by atoms with Crippen LogP contribution in [-0.4, -0.2) is 55.5 Å². The van der Waals surface area contributed by atoms with Gasteiger partial charge in [-0.05, 0) is 42.0 Å². The van der Waals surface area contributed by atoms with Crippen LogP contribution in [0.1, 0.15) is 43.2 Å². The minimum absolute atomic E-state index is 0.0508. The van der Waals surface area contributed by atoms with E-state index < -0.39 is 30.1 Å². The van der Waals surface area contributed by atoms with Gasteiger partial charge < -0.3 is 25.2 Å². The zero-order valence-corrected chi connectivity index (χ0v) is 18.9. The van der Waals surface area contributed by atoms with Crippen molar-refractivity contribution in [3.8, 4) is 11.1 Å². The van der Waals surface area contributed by atoms with Gasteiger partial charge >= 0.3 is 12.1 Å². The Morgan fingerprint density at radius 1 is 1.00 bits per heavy atom. The van der Waals surface area contributed by atoms with Crippen molar-refractivity contribution in [1.29, 1.82) is 0 Å². The normalized spacial score (nSPS) is 14.0. The molecule has 0 aromatic heterocycles. The second-order valence-corrected chi connectivity index (χ2v) is 8.17. The van der Waals surface area contributed by atoms with E-state index in [9.17, 15) is 19.5 Å². The van der Waals surface area contributed by atoms with E-state index in [0.29, 0.717) is 13.0 Å². The van der Waals surface area contributed by atoms with E-state index in [1.54, 1.807) is 6.92 Å². The van der Waals surface area contributed by atoms with Gasteiger partial charge in [-0.3, -0.25) is 4.79 Å². The minimum Gasteiger partial charge on any atom is -0.480 e. The summed E-state index contributed by atoms with van der Waals surface area (Å²) < 4.78 is 10.4. The van der Waals surface area contributed by atoms with Crippen molar-refractivity contribution >= 4 is 18.0 Å². The Hall–Kier alpha value is -3.39. The summed E-state index contributed by atoms with van der Waals surface area (Å²) in [5, 5.41) is 14.4. The molecule has 2 aromatic rings. The number of hydrogen-bond donors (Lipinski definition) is 3. The molecule has 1 aliphatic carbocycles. The second kappa shape index (κ2) is 11.5. The van der Waals surface area contributed by atoms with Crippen LogP contribution in [0, 0.1) is 0 Å². The van der Waals surface area contributed by atoms with Crippen molar-refractivity contribution in [1.82, 2.24) is 10.6 Å². The Balaban J connectivity index is 1.49. The molecule has 8 nitrogen and oxygen atoms in total. The Morgan fingerprint density at radius 3 is 2.18 bits per heavy atom. The lowest BCUT2D eigenvalue weighted by molar-refractivity contribution is -0.142. The number of carboxylic acid groups (broad SMARTS) is 1. The Bertz CT molecular complexity index is 947. The molecule has 0 bridgehead atoms. The maximum Gasteiger partial charge on any atom is 0.407 e. The predicted octanol–water partition coefficient (Wildman–Crippen LogP) is 3.30. The van der Waals surface area contributed by atoms with Crippen LogP contribution in [0.25, 0.3) is 11.1 Å². The van der Waals surface area contributed by atoms with Gasteiger partial charge in [0.1, 0.15) is 12.6 Å². The highest BCUT2D eigenvalue weighted by Gasteiger charge is 2.29. The molecule has 0 spiro atoms. The molecule has 3 N–H and O–H groups in total. The van der Waals surface area contributed by atoms with E-state index in [0.717, 1.165) is 22.3 Å². The number of carbonyl (C=O) groups is 3. The van der Waals surface area contributed by atoms with Gasteiger partial charge in [-0.25, -0.2) is 9.59 Å². The molecule has 1 aliphatic rings. The fourth-order valence-electron chi connectivity index (χ4n) is 4.11. The molecule has 0 fully saturated rings. The summed E-state index contributed by atoms with van der Waals surface area (Å²) >= 11 is 0. The van der Waals surface area contributed by atoms with Crippen molar-refractivity contribution in [3.05, 3.63) is 59.7 Å². The van der Waals surface area contributed by atoms with Crippen molar-refractivity contribution in [2.75, 3.05) is 20.3 Å². The molecule has 1 unspecified atom stereocenters. The number of nitrogens with one attached hydrogen (secondary N) is 2. The average molecular weight is 455 g/mol. The van der Waals surface area contributed by atoms with Gasteiger partial charge in [0, 0.05) is 32.1 Å². The van der Waals surface area contributed by atoms with Gasteiger partial charge in [0.25, 0.3) is 0 Å². The highest BCUT2D eigenvalue weighted by Crippen LogP contribution is 2.44. The lowest BCUT2D eigenvalue weighted by Gasteiger charge is -2.18. The largest absolute Gasteiger partial charge is 0.480 e. The first kappa shape index (κ1) is 24.3. The molecular formula is C25H30N2O6. The molecule has 0 saturated carbocycles. The van der Waals surface area contributed by atoms with E-state index in [1.165, 1.54) is 7.11 Å². The summed E-state index contributed by atoms with van der Waals surface area (Å²) in [6.45, 7) is 2.26. The van der Waals surface area contributed by atoms with Crippen LogP contribution in [0.3, 0.4) is 0 Å². The molecule has 0 saturated heterocycles. The number of ether oxygens (including phenoxy) is 2. The van der Waals surface area contributed by atoms with Crippen molar-refractivity contribution < 1.29 is 29.0 Å². The van der Waals surface area contributed by atoms with Crippen LogP contribution in [-0.2, 0) is 19.1 Å². The fraction of sp³-hybridized carbons (Fsp3) is 0.400. The molecule has 8 heteroatoms. The molecule has 0 aliphatic heterocycles. The van der Waals surface area contributed by atoms with E-state index >= 15 is 0 Å². The summed E-state index contributed by atoms with van der Waals surface area (Å²) in [7, 11) is 1.53. The number of hydrogen-bond acceptors (Lipinski definition) is 5. The van der Waals surface area contributed by atoms with Crippen LogP contribution >= 0.6 is 0 Å². The quantitative estimate of drug-likeness (QED) is 0.449. The summed E-state index contributed by atoms with van der Waals surface area (Å²) in [4.78, 5) is 35.9. The Kier molecular flexibility index (Phi) is 8.43. The lowest BCUT2D eigenvalue weighted by atomic mass is 9.98. The number of amides is 2. The van der Waals surface area contributed by atoms with Crippen molar-refractivity contribution in [2.24, 2.45) is 0 Å².